The highest BCUT2D eigenvalue weighted by molar-refractivity contribution is 5.77. The highest BCUT2D eigenvalue weighted by Crippen LogP contribution is 2.30. The fourth-order valence-corrected chi connectivity index (χ4v) is 4.69. The molecule has 170 valence electrons. The second kappa shape index (κ2) is 9.54. The number of H-pyrrole nitrogens is 1. The molecule has 0 radical (unpaired) electrons. The topological polar surface area (TPSA) is 95.6 Å². The van der Waals surface area contributed by atoms with E-state index in [2.05, 4.69) is 4.98 Å². The van der Waals surface area contributed by atoms with Gasteiger partial charge in [0, 0.05) is 32.0 Å². The maximum absolute atomic E-state index is 13.2. The summed E-state index contributed by atoms with van der Waals surface area (Å²) in [5.74, 6) is 1.34. The Morgan fingerprint density at radius 2 is 2.03 bits per heavy atom. The summed E-state index contributed by atoms with van der Waals surface area (Å²) in [6, 6.07) is 7.48. The molecule has 2 amide bonds. The Balaban J connectivity index is 1.54. The van der Waals surface area contributed by atoms with Crippen LogP contribution >= 0.6 is 0 Å². The van der Waals surface area contributed by atoms with E-state index < -0.39 is 0 Å². The number of piperidine rings is 1. The van der Waals surface area contributed by atoms with Gasteiger partial charge in [0.15, 0.2) is 0 Å². The van der Waals surface area contributed by atoms with Crippen LogP contribution in [0.4, 0.5) is 0 Å². The highest BCUT2D eigenvalue weighted by atomic mass is 16.5. The first-order chi connectivity index (χ1) is 15.5. The predicted molar refractivity (Wildman–Crippen MR) is 119 cm³/mol. The molecular weight excluding hydrogens is 408 g/mol. The van der Waals surface area contributed by atoms with Gasteiger partial charge in [-0.15, -0.1) is 0 Å². The third-order valence-corrected chi connectivity index (χ3v) is 6.48. The van der Waals surface area contributed by atoms with E-state index in [0.29, 0.717) is 56.0 Å². The molecule has 0 spiro atoms. The molecule has 1 aromatic carbocycles. The van der Waals surface area contributed by atoms with Gasteiger partial charge in [-0.3, -0.25) is 14.4 Å². The molecule has 4 rings (SSSR count). The van der Waals surface area contributed by atoms with Gasteiger partial charge in [-0.2, -0.15) is 0 Å². The molecule has 3 heterocycles. The number of aromatic nitrogens is 2. The van der Waals surface area contributed by atoms with E-state index in [4.69, 9.17) is 9.72 Å². The largest absolute Gasteiger partial charge is 0.496 e. The smallest absolute Gasteiger partial charge is 0.254 e. The van der Waals surface area contributed by atoms with Gasteiger partial charge in [0.05, 0.1) is 25.4 Å². The predicted octanol–water partition coefficient (Wildman–Crippen LogP) is 2.37. The molecule has 2 aromatic rings. The van der Waals surface area contributed by atoms with Crippen LogP contribution in [0, 0.1) is 0 Å². The first-order valence-corrected chi connectivity index (χ1v) is 11.3. The molecule has 0 saturated carbocycles. The number of aromatic amines is 1. The molecular formula is C24H30N4O4. The second-order valence-electron chi connectivity index (χ2n) is 8.48. The number of fused-ring (bicyclic) bond motifs is 1. The van der Waals surface area contributed by atoms with Crippen molar-refractivity contribution in [1.29, 1.82) is 0 Å². The van der Waals surface area contributed by atoms with E-state index in [1.165, 1.54) is 6.92 Å². The zero-order chi connectivity index (χ0) is 22.7. The molecule has 8 heteroatoms. The molecule has 0 bridgehead atoms. The highest BCUT2D eigenvalue weighted by Gasteiger charge is 2.31. The van der Waals surface area contributed by atoms with E-state index in [1.807, 2.05) is 29.2 Å². The Morgan fingerprint density at radius 3 is 2.81 bits per heavy atom. The molecule has 1 saturated heterocycles. The summed E-state index contributed by atoms with van der Waals surface area (Å²) in [6.45, 7) is 3.05. The van der Waals surface area contributed by atoms with Crippen LogP contribution in [0.3, 0.4) is 0 Å². The number of nitrogens with zero attached hydrogens (tertiary/aromatic N) is 3. The standard InChI is InChI=1S/C24H30N4O4/c1-16(29)27-14-12-18-19(15-27)25-23(26-24(18)31)20-8-5-6-13-28(20)22(30)11-10-17-7-3-4-9-21(17)32-2/h3-4,7,9,20H,5-6,8,10-15H2,1-2H3,(H,25,26,31)/t20-/m1/s1. The van der Waals surface area contributed by atoms with Crippen LogP contribution in [0.1, 0.15) is 61.3 Å². The second-order valence-corrected chi connectivity index (χ2v) is 8.48. The lowest BCUT2D eigenvalue weighted by Gasteiger charge is -2.36. The number of methoxy groups -OCH3 is 1. The number of para-hydroxylation sites is 1. The van der Waals surface area contributed by atoms with Crippen molar-refractivity contribution in [1.82, 2.24) is 19.8 Å². The summed E-state index contributed by atoms with van der Waals surface area (Å²) in [6.07, 6.45) is 4.13. The van der Waals surface area contributed by atoms with Crippen molar-refractivity contribution in [2.75, 3.05) is 20.2 Å². The van der Waals surface area contributed by atoms with Crippen LogP contribution in [0.5, 0.6) is 5.75 Å². The molecule has 1 atom stereocenters. The first-order valence-electron chi connectivity index (χ1n) is 11.3. The monoisotopic (exact) mass is 438 g/mol. The number of benzene rings is 1. The van der Waals surface area contributed by atoms with Crippen LogP contribution in [-0.4, -0.2) is 51.8 Å². The Bertz CT molecular complexity index is 1060. The minimum Gasteiger partial charge on any atom is -0.496 e. The summed E-state index contributed by atoms with van der Waals surface area (Å²) in [7, 11) is 1.63. The summed E-state index contributed by atoms with van der Waals surface area (Å²) in [5.41, 5.74) is 2.15. The number of likely N-dealkylation sites (tertiary alicyclic amines) is 1. The van der Waals surface area contributed by atoms with Gasteiger partial charge in [-0.05, 0) is 43.7 Å². The number of nitrogens with one attached hydrogen (secondary N) is 1. The van der Waals surface area contributed by atoms with E-state index in [-0.39, 0.29) is 23.4 Å². The van der Waals surface area contributed by atoms with Crippen molar-refractivity contribution >= 4 is 11.8 Å². The van der Waals surface area contributed by atoms with Gasteiger partial charge in [0.25, 0.3) is 5.56 Å². The van der Waals surface area contributed by atoms with E-state index in [0.717, 1.165) is 30.6 Å². The number of aryl methyl sites for hydroxylation is 1. The number of rotatable bonds is 5. The quantitative estimate of drug-likeness (QED) is 0.773. The first kappa shape index (κ1) is 22.0. The zero-order valence-corrected chi connectivity index (χ0v) is 18.7. The SMILES string of the molecule is COc1ccccc1CCC(=O)N1CCCC[C@@H]1c1nc2c(c(=O)[nH]1)CCN(C(C)=O)C2. The van der Waals surface area contributed by atoms with Crippen LogP contribution in [0.15, 0.2) is 29.1 Å². The maximum Gasteiger partial charge on any atom is 0.254 e. The third kappa shape index (κ3) is 4.54. The average Bonchev–Trinajstić information content (AvgIpc) is 2.82. The summed E-state index contributed by atoms with van der Waals surface area (Å²) in [5, 5.41) is 0. The number of hydrogen-bond donors (Lipinski definition) is 1. The van der Waals surface area contributed by atoms with Crippen molar-refractivity contribution in [2.24, 2.45) is 0 Å². The number of amides is 2. The van der Waals surface area contributed by atoms with Crippen LogP contribution in [-0.2, 0) is 29.0 Å². The van der Waals surface area contributed by atoms with Gasteiger partial charge < -0.3 is 19.5 Å². The molecule has 1 N–H and O–H groups in total. The minimum atomic E-state index is -0.250. The summed E-state index contributed by atoms with van der Waals surface area (Å²) in [4.78, 5) is 49.0. The van der Waals surface area contributed by atoms with E-state index >= 15 is 0 Å². The fraction of sp³-hybridized carbons (Fsp3) is 0.500. The van der Waals surface area contributed by atoms with Gasteiger partial charge in [0.2, 0.25) is 11.8 Å². The van der Waals surface area contributed by atoms with Crippen LogP contribution in [0.25, 0.3) is 0 Å². The number of carbonyl (C=O) groups excluding carboxylic acids is 2. The van der Waals surface area contributed by atoms with Crippen molar-refractivity contribution < 1.29 is 14.3 Å². The molecule has 2 aliphatic heterocycles. The lowest BCUT2D eigenvalue weighted by atomic mass is 9.99. The van der Waals surface area contributed by atoms with Crippen molar-refractivity contribution in [3.63, 3.8) is 0 Å². The van der Waals surface area contributed by atoms with Gasteiger partial charge in [-0.25, -0.2) is 4.98 Å². The van der Waals surface area contributed by atoms with Crippen LogP contribution < -0.4 is 10.3 Å². The third-order valence-electron chi connectivity index (χ3n) is 6.48. The Hall–Kier alpha value is -3.16. The maximum atomic E-state index is 13.2. The molecule has 0 aliphatic carbocycles. The normalized spacial score (nSPS) is 18.2. The number of hydrogen-bond acceptors (Lipinski definition) is 5. The van der Waals surface area contributed by atoms with Gasteiger partial charge in [-0.1, -0.05) is 18.2 Å². The molecule has 0 unspecified atom stereocenters. The van der Waals surface area contributed by atoms with E-state index in [1.54, 1.807) is 12.0 Å². The molecule has 32 heavy (non-hydrogen) atoms. The Kier molecular flexibility index (Phi) is 6.58. The molecule has 1 aromatic heterocycles. The van der Waals surface area contributed by atoms with Crippen molar-refractivity contribution in [3.05, 3.63) is 57.3 Å². The lowest BCUT2D eigenvalue weighted by molar-refractivity contribution is -0.135. The van der Waals surface area contributed by atoms with Gasteiger partial charge in [0.1, 0.15) is 11.6 Å². The molecule has 2 aliphatic rings. The van der Waals surface area contributed by atoms with Crippen molar-refractivity contribution in [2.45, 2.75) is 58.0 Å². The van der Waals surface area contributed by atoms with Gasteiger partial charge >= 0.3 is 0 Å². The van der Waals surface area contributed by atoms with E-state index in [9.17, 15) is 14.4 Å². The summed E-state index contributed by atoms with van der Waals surface area (Å²) >= 11 is 0. The van der Waals surface area contributed by atoms with Crippen LogP contribution in [0.2, 0.25) is 0 Å². The lowest BCUT2D eigenvalue weighted by Crippen LogP contribution is -2.42. The zero-order valence-electron chi connectivity index (χ0n) is 18.7. The Morgan fingerprint density at radius 1 is 1.22 bits per heavy atom. The number of ether oxygens (including phenoxy) is 1. The van der Waals surface area contributed by atoms with Crippen molar-refractivity contribution in [3.8, 4) is 5.75 Å². The average molecular weight is 439 g/mol. The Labute approximate surface area is 187 Å². The number of carbonyl (C=O) groups is 2. The minimum absolute atomic E-state index is 0.0231. The fourth-order valence-electron chi connectivity index (χ4n) is 4.69. The molecule has 8 nitrogen and oxygen atoms in total. The molecule has 1 fully saturated rings. The summed E-state index contributed by atoms with van der Waals surface area (Å²) < 4.78 is 5.40.